The highest BCUT2D eigenvalue weighted by Crippen LogP contribution is 2.38. The summed E-state index contributed by atoms with van der Waals surface area (Å²) in [6.07, 6.45) is 1.73. The molecule has 1 aliphatic heterocycles. The lowest BCUT2D eigenvalue weighted by atomic mass is 10.1. The van der Waals surface area contributed by atoms with Crippen LogP contribution in [0.25, 0.3) is 6.08 Å². The summed E-state index contributed by atoms with van der Waals surface area (Å²) in [6.45, 7) is 2.74. The summed E-state index contributed by atoms with van der Waals surface area (Å²) >= 11 is 3.15. The molecule has 2 amide bonds. The van der Waals surface area contributed by atoms with E-state index in [1.165, 1.54) is 4.90 Å². The number of carbonyl (C=O) groups excluding carboxylic acids is 2. The molecule has 7 heteroatoms. The van der Waals surface area contributed by atoms with Gasteiger partial charge in [0, 0.05) is 0 Å². The van der Waals surface area contributed by atoms with Gasteiger partial charge in [-0.05, 0) is 81.7 Å². The van der Waals surface area contributed by atoms with Crippen LogP contribution in [-0.4, -0.2) is 23.2 Å². The normalized spacial score (nSPS) is 14.8. The van der Waals surface area contributed by atoms with Gasteiger partial charge < -0.3 is 9.47 Å². The Morgan fingerprint density at radius 1 is 1.03 bits per heavy atom. The summed E-state index contributed by atoms with van der Waals surface area (Å²) in [4.78, 5) is 27.0. The van der Waals surface area contributed by atoms with Gasteiger partial charge in [-0.1, -0.05) is 54.6 Å². The molecule has 1 fully saturated rings. The Morgan fingerprint density at radius 3 is 2.48 bits per heavy atom. The van der Waals surface area contributed by atoms with Crippen LogP contribution < -0.4 is 9.47 Å². The molecule has 0 aromatic heterocycles. The van der Waals surface area contributed by atoms with Crippen LogP contribution in [0.3, 0.4) is 0 Å². The molecular formula is C26H22INO4S. The number of ether oxygens (including phenoxy) is 2. The van der Waals surface area contributed by atoms with Crippen LogP contribution in [-0.2, 0) is 17.9 Å². The first-order chi connectivity index (χ1) is 16.0. The number of hydrogen-bond acceptors (Lipinski definition) is 5. The van der Waals surface area contributed by atoms with Crippen LogP contribution in [0.1, 0.15) is 22.3 Å². The van der Waals surface area contributed by atoms with Crippen molar-refractivity contribution in [1.29, 1.82) is 0 Å². The van der Waals surface area contributed by atoms with E-state index in [9.17, 15) is 9.59 Å². The molecule has 3 aromatic rings. The largest absolute Gasteiger partial charge is 0.493 e. The third-order valence-corrected chi connectivity index (χ3v) is 6.95. The fourth-order valence-electron chi connectivity index (χ4n) is 3.44. The van der Waals surface area contributed by atoms with E-state index < -0.39 is 0 Å². The number of methoxy groups -OCH3 is 1. The standard InChI is InChI=1S/C26H22INO4S/c1-17-8-6-7-11-20(17)16-32-24-21(27)12-19(13-22(24)31-2)14-23-25(29)28(26(30)33-23)15-18-9-4-3-5-10-18/h3-14H,15-16H2,1-2H3/b23-14-. The maximum absolute atomic E-state index is 12.9. The molecule has 0 N–H and O–H groups in total. The van der Waals surface area contributed by atoms with Gasteiger partial charge in [-0.3, -0.25) is 14.5 Å². The predicted molar refractivity (Wildman–Crippen MR) is 139 cm³/mol. The van der Waals surface area contributed by atoms with Gasteiger partial charge in [0.1, 0.15) is 6.61 Å². The van der Waals surface area contributed by atoms with Gasteiger partial charge in [-0.15, -0.1) is 0 Å². The zero-order valence-corrected chi connectivity index (χ0v) is 21.2. The summed E-state index contributed by atoms with van der Waals surface area (Å²) < 4.78 is 12.5. The topological polar surface area (TPSA) is 55.8 Å². The first kappa shape index (κ1) is 23.4. The molecule has 0 unspecified atom stereocenters. The fraction of sp³-hybridized carbons (Fsp3) is 0.154. The van der Waals surface area contributed by atoms with Crippen molar-refractivity contribution in [2.45, 2.75) is 20.1 Å². The molecule has 1 aliphatic rings. The van der Waals surface area contributed by atoms with Crippen LogP contribution >= 0.6 is 34.4 Å². The Bertz CT molecular complexity index is 1230. The monoisotopic (exact) mass is 571 g/mol. The first-order valence-corrected chi connectivity index (χ1v) is 12.2. The zero-order chi connectivity index (χ0) is 23.4. The van der Waals surface area contributed by atoms with Crippen LogP contribution in [0.5, 0.6) is 11.5 Å². The zero-order valence-electron chi connectivity index (χ0n) is 18.2. The minimum absolute atomic E-state index is 0.259. The number of rotatable bonds is 7. The SMILES string of the molecule is COc1cc(/C=C2\SC(=O)N(Cc3ccccc3)C2=O)cc(I)c1OCc1ccccc1C. The van der Waals surface area contributed by atoms with Crippen molar-refractivity contribution in [3.05, 3.63) is 97.5 Å². The smallest absolute Gasteiger partial charge is 0.293 e. The van der Waals surface area contributed by atoms with Gasteiger partial charge >= 0.3 is 0 Å². The first-order valence-electron chi connectivity index (χ1n) is 10.3. The lowest BCUT2D eigenvalue weighted by Gasteiger charge is -2.15. The Hall–Kier alpha value is -2.78. The van der Waals surface area contributed by atoms with Gasteiger partial charge in [0.2, 0.25) is 0 Å². The Balaban J connectivity index is 1.54. The number of nitrogens with zero attached hydrogens (tertiary/aromatic N) is 1. The van der Waals surface area contributed by atoms with Crippen molar-refractivity contribution in [3.8, 4) is 11.5 Å². The summed E-state index contributed by atoms with van der Waals surface area (Å²) in [7, 11) is 1.59. The third kappa shape index (κ3) is 5.42. The van der Waals surface area contributed by atoms with E-state index in [-0.39, 0.29) is 17.7 Å². The number of halogens is 1. The maximum atomic E-state index is 12.9. The van der Waals surface area contributed by atoms with E-state index in [1.54, 1.807) is 13.2 Å². The number of aryl methyl sites for hydroxylation is 1. The molecule has 0 saturated carbocycles. The van der Waals surface area contributed by atoms with Crippen molar-refractivity contribution >= 4 is 51.6 Å². The average molecular weight is 571 g/mol. The lowest BCUT2D eigenvalue weighted by molar-refractivity contribution is -0.123. The molecule has 4 rings (SSSR count). The highest BCUT2D eigenvalue weighted by Gasteiger charge is 2.35. The van der Waals surface area contributed by atoms with Crippen LogP contribution in [0.4, 0.5) is 4.79 Å². The predicted octanol–water partition coefficient (Wildman–Crippen LogP) is 6.42. The number of hydrogen-bond donors (Lipinski definition) is 0. The Kier molecular flexibility index (Phi) is 7.39. The summed E-state index contributed by atoms with van der Waals surface area (Å²) in [5.41, 5.74) is 3.94. The summed E-state index contributed by atoms with van der Waals surface area (Å²) in [6, 6.07) is 21.3. The van der Waals surface area contributed by atoms with Crippen molar-refractivity contribution in [2.75, 3.05) is 7.11 Å². The van der Waals surface area contributed by atoms with Gasteiger partial charge in [0.15, 0.2) is 11.5 Å². The van der Waals surface area contributed by atoms with Gasteiger partial charge in [0.05, 0.1) is 22.1 Å². The molecule has 0 atom stereocenters. The molecule has 0 radical (unpaired) electrons. The maximum Gasteiger partial charge on any atom is 0.293 e. The third-order valence-electron chi connectivity index (χ3n) is 5.24. The summed E-state index contributed by atoms with van der Waals surface area (Å²) in [5, 5.41) is -0.269. The second kappa shape index (κ2) is 10.4. The number of thioether (sulfide) groups is 1. The highest BCUT2D eigenvalue weighted by atomic mass is 127. The van der Waals surface area contributed by atoms with E-state index in [0.29, 0.717) is 23.0 Å². The number of benzene rings is 3. The van der Waals surface area contributed by atoms with Crippen LogP contribution in [0, 0.1) is 10.5 Å². The Labute approximate surface area is 210 Å². The van der Waals surface area contributed by atoms with E-state index in [4.69, 9.17) is 9.47 Å². The summed E-state index contributed by atoms with van der Waals surface area (Å²) in [5.74, 6) is 0.934. The molecule has 5 nitrogen and oxygen atoms in total. The molecule has 168 valence electrons. The van der Waals surface area contributed by atoms with E-state index in [0.717, 1.165) is 37.6 Å². The minimum Gasteiger partial charge on any atom is -0.493 e. The van der Waals surface area contributed by atoms with Crippen molar-refractivity contribution in [2.24, 2.45) is 0 Å². The molecule has 1 heterocycles. The van der Waals surface area contributed by atoms with Crippen LogP contribution in [0.15, 0.2) is 71.6 Å². The molecule has 0 spiro atoms. The molecule has 33 heavy (non-hydrogen) atoms. The number of carbonyl (C=O) groups is 2. The van der Waals surface area contributed by atoms with E-state index in [1.807, 2.05) is 60.7 Å². The van der Waals surface area contributed by atoms with Gasteiger partial charge in [-0.25, -0.2) is 0 Å². The van der Waals surface area contributed by atoms with Crippen molar-refractivity contribution in [3.63, 3.8) is 0 Å². The number of amides is 2. The molecule has 0 bridgehead atoms. The molecule has 0 aliphatic carbocycles. The van der Waals surface area contributed by atoms with Gasteiger partial charge in [0.25, 0.3) is 11.1 Å². The lowest BCUT2D eigenvalue weighted by Crippen LogP contribution is -2.27. The second-order valence-electron chi connectivity index (χ2n) is 7.50. The highest BCUT2D eigenvalue weighted by molar-refractivity contribution is 14.1. The second-order valence-corrected chi connectivity index (χ2v) is 9.66. The van der Waals surface area contributed by atoms with Crippen molar-refractivity contribution < 1.29 is 19.1 Å². The molecule has 1 saturated heterocycles. The fourth-order valence-corrected chi connectivity index (χ4v) is 5.06. The van der Waals surface area contributed by atoms with Gasteiger partial charge in [-0.2, -0.15) is 0 Å². The quantitative estimate of drug-likeness (QED) is 0.242. The molecule has 3 aromatic carbocycles. The van der Waals surface area contributed by atoms with Crippen LogP contribution in [0.2, 0.25) is 0 Å². The minimum atomic E-state index is -0.289. The molecular weight excluding hydrogens is 549 g/mol. The van der Waals surface area contributed by atoms with E-state index >= 15 is 0 Å². The average Bonchev–Trinajstić information content (AvgIpc) is 3.07. The van der Waals surface area contributed by atoms with Crippen molar-refractivity contribution in [1.82, 2.24) is 4.90 Å². The number of imide groups is 1. The Morgan fingerprint density at radius 2 is 1.76 bits per heavy atom. The van der Waals surface area contributed by atoms with E-state index in [2.05, 4.69) is 35.6 Å².